The van der Waals surface area contributed by atoms with Crippen molar-refractivity contribution in [3.05, 3.63) is 54.4 Å². The summed E-state index contributed by atoms with van der Waals surface area (Å²) in [6.07, 6.45) is 3.71. The number of amides is 2. The molecule has 0 unspecified atom stereocenters. The quantitative estimate of drug-likeness (QED) is 0.839. The maximum atomic E-state index is 12.3. The number of carbonyl (C=O) groups excluding carboxylic acids is 2. The Balaban J connectivity index is 1.55. The highest BCUT2D eigenvalue weighted by Gasteiger charge is 2.40. The van der Waals surface area contributed by atoms with Gasteiger partial charge < -0.3 is 9.88 Å². The minimum Gasteiger partial charge on any atom is -0.354 e. The van der Waals surface area contributed by atoms with E-state index in [0.29, 0.717) is 13.1 Å². The van der Waals surface area contributed by atoms with E-state index in [1.54, 1.807) is 12.1 Å². The molecule has 1 aliphatic rings. The third kappa shape index (κ3) is 3.05. The number of fused-ring (bicyclic) bond motifs is 1. The molecule has 1 N–H and O–H groups in total. The number of nitrogens with one attached hydrogen (secondary N) is 1. The van der Waals surface area contributed by atoms with Crippen LogP contribution in [-0.4, -0.2) is 42.2 Å². The predicted molar refractivity (Wildman–Crippen MR) is 86.7 cm³/mol. The minimum atomic E-state index is -3.85. The maximum absolute atomic E-state index is 12.3. The molecule has 8 heteroatoms. The summed E-state index contributed by atoms with van der Waals surface area (Å²) in [5, 5.41) is 2.72. The summed E-state index contributed by atoms with van der Waals surface area (Å²) in [5.41, 5.74) is 0.158. The van der Waals surface area contributed by atoms with Gasteiger partial charge in [-0.05, 0) is 24.3 Å². The predicted octanol–water partition coefficient (Wildman–Crippen LogP) is 0.839. The fraction of sp³-hybridized carbons (Fsp3) is 0.250. The van der Waals surface area contributed by atoms with Crippen molar-refractivity contribution in [3.8, 4) is 0 Å². The number of benzene rings is 1. The van der Waals surface area contributed by atoms with Gasteiger partial charge in [0.1, 0.15) is 4.90 Å². The van der Waals surface area contributed by atoms with E-state index in [9.17, 15) is 18.0 Å². The average molecular weight is 347 g/mol. The van der Waals surface area contributed by atoms with Gasteiger partial charge in [0.25, 0.3) is 15.9 Å². The molecular weight excluding hydrogens is 330 g/mol. The van der Waals surface area contributed by atoms with Crippen molar-refractivity contribution >= 4 is 21.8 Å². The monoisotopic (exact) mass is 347 g/mol. The lowest BCUT2D eigenvalue weighted by Crippen LogP contribution is -2.35. The van der Waals surface area contributed by atoms with Crippen molar-refractivity contribution < 1.29 is 18.0 Å². The van der Waals surface area contributed by atoms with Gasteiger partial charge in [0.05, 0.1) is 5.56 Å². The number of nitrogens with zero attached hydrogens (tertiary/aromatic N) is 2. The number of sulfonamides is 1. The second kappa shape index (κ2) is 6.48. The molecule has 0 bridgehead atoms. The molecule has 3 rings (SSSR count). The molecule has 2 aromatic rings. The van der Waals surface area contributed by atoms with E-state index < -0.39 is 15.9 Å². The highest BCUT2D eigenvalue weighted by Crippen LogP contribution is 2.29. The first-order valence-corrected chi connectivity index (χ1v) is 8.98. The molecular formula is C16H17N3O4S. The van der Waals surface area contributed by atoms with Crippen LogP contribution in [0.15, 0.2) is 53.7 Å². The van der Waals surface area contributed by atoms with Crippen LogP contribution in [0.3, 0.4) is 0 Å². The molecule has 0 saturated heterocycles. The molecule has 1 aliphatic heterocycles. The summed E-state index contributed by atoms with van der Waals surface area (Å²) in [5.74, 6) is -0.869. The third-order valence-corrected chi connectivity index (χ3v) is 5.65. The standard InChI is InChI=1S/C16H17N3O4S/c20-15(17-8-12-18-9-3-4-10-18)7-11-19-16(21)13-5-1-2-6-14(13)24(19,22)23/h1-6,9-10H,7-8,11-12H2,(H,17,20). The van der Waals surface area contributed by atoms with Gasteiger partial charge in [-0.25, -0.2) is 12.7 Å². The first kappa shape index (κ1) is 16.3. The van der Waals surface area contributed by atoms with Crippen LogP contribution >= 0.6 is 0 Å². The molecule has 2 heterocycles. The smallest absolute Gasteiger partial charge is 0.269 e. The van der Waals surface area contributed by atoms with Crippen molar-refractivity contribution in [2.75, 3.05) is 13.1 Å². The zero-order chi connectivity index (χ0) is 17.2. The average Bonchev–Trinajstić information content (AvgIpc) is 3.13. The van der Waals surface area contributed by atoms with E-state index in [2.05, 4.69) is 5.32 Å². The fourth-order valence-corrected chi connectivity index (χ4v) is 4.16. The molecule has 0 fully saturated rings. The van der Waals surface area contributed by atoms with Crippen LogP contribution in [0.25, 0.3) is 0 Å². The van der Waals surface area contributed by atoms with Crippen molar-refractivity contribution in [1.29, 1.82) is 0 Å². The van der Waals surface area contributed by atoms with Crippen molar-refractivity contribution in [3.63, 3.8) is 0 Å². The van der Waals surface area contributed by atoms with Gasteiger partial charge in [-0.3, -0.25) is 9.59 Å². The number of hydrogen-bond donors (Lipinski definition) is 1. The van der Waals surface area contributed by atoms with E-state index in [4.69, 9.17) is 0 Å². The zero-order valence-corrected chi connectivity index (χ0v) is 13.7. The summed E-state index contributed by atoms with van der Waals surface area (Å²) in [7, 11) is -3.85. The molecule has 0 atom stereocenters. The Labute approximate surface area is 139 Å². The molecule has 1 aromatic carbocycles. The van der Waals surface area contributed by atoms with E-state index in [1.807, 2.05) is 29.1 Å². The van der Waals surface area contributed by atoms with Gasteiger partial charge in [0.15, 0.2) is 0 Å². The van der Waals surface area contributed by atoms with Gasteiger partial charge in [-0.15, -0.1) is 0 Å². The van der Waals surface area contributed by atoms with Crippen LogP contribution in [0.4, 0.5) is 0 Å². The maximum Gasteiger partial charge on any atom is 0.269 e. The SMILES string of the molecule is O=C(CCN1C(=O)c2ccccc2S1(=O)=O)NCCn1cccc1. The van der Waals surface area contributed by atoms with Gasteiger partial charge in [-0.1, -0.05) is 12.1 Å². The van der Waals surface area contributed by atoms with Crippen LogP contribution in [-0.2, 0) is 21.4 Å². The van der Waals surface area contributed by atoms with E-state index in [-0.39, 0.29) is 29.3 Å². The summed E-state index contributed by atoms with van der Waals surface area (Å²) in [6.45, 7) is 0.907. The van der Waals surface area contributed by atoms with Crippen LogP contribution < -0.4 is 5.32 Å². The Hall–Kier alpha value is -2.61. The van der Waals surface area contributed by atoms with Crippen LogP contribution in [0, 0.1) is 0 Å². The fourth-order valence-electron chi connectivity index (χ4n) is 2.59. The zero-order valence-electron chi connectivity index (χ0n) is 12.9. The summed E-state index contributed by atoms with van der Waals surface area (Å²) < 4.78 is 27.4. The van der Waals surface area contributed by atoms with Crippen LogP contribution in [0.5, 0.6) is 0 Å². The lowest BCUT2D eigenvalue weighted by Gasteiger charge is -2.14. The Kier molecular flexibility index (Phi) is 4.39. The van der Waals surface area contributed by atoms with Gasteiger partial charge in [0, 0.05) is 38.4 Å². The Morgan fingerprint density at radius 1 is 1.04 bits per heavy atom. The molecule has 2 amide bonds. The number of aromatic nitrogens is 1. The van der Waals surface area contributed by atoms with Crippen LogP contribution in [0.2, 0.25) is 0 Å². The number of carbonyl (C=O) groups is 2. The molecule has 0 saturated carbocycles. The van der Waals surface area contributed by atoms with E-state index >= 15 is 0 Å². The normalized spacial score (nSPS) is 15.3. The molecule has 7 nitrogen and oxygen atoms in total. The number of hydrogen-bond acceptors (Lipinski definition) is 4. The molecule has 126 valence electrons. The lowest BCUT2D eigenvalue weighted by molar-refractivity contribution is -0.121. The molecule has 0 aliphatic carbocycles. The summed E-state index contributed by atoms with van der Waals surface area (Å²) in [4.78, 5) is 24.1. The van der Waals surface area contributed by atoms with Gasteiger partial charge >= 0.3 is 0 Å². The largest absolute Gasteiger partial charge is 0.354 e. The second-order valence-electron chi connectivity index (χ2n) is 5.40. The van der Waals surface area contributed by atoms with Crippen LogP contribution in [0.1, 0.15) is 16.8 Å². The molecule has 1 aromatic heterocycles. The van der Waals surface area contributed by atoms with Gasteiger partial charge in [-0.2, -0.15) is 0 Å². The third-order valence-electron chi connectivity index (χ3n) is 3.81. The lowest BCUT2D eigenvalue weighted by atomic mass is 10.2. The highest BCUT2D eigenvalue weighted by molar-refractivity contribution is 7.90. The van der Waals surface area contributed by atoms with E-state index in [1.165, 1.54) is 12.1 Å². The first-order chi connectivity index (χ1) is 11.5. The second-order valence-corrected chi connectivity index (χ2v) is 7.23. The van der Waals surface area contributed by atoms with Crippen molar-refractivity contribution in [1.82, 2.24) is 14.2 Å². The molecule has 0 spiro atoms. The summed E-state index contributed by atoms with van der Waals surface area (Å²) in [6, 6.07) is 9.85. The first-order valence-electron chi connectivity index (χ1n) is 7.54. The topological polar surface area (TPSA) is 88.5 Å². The van der Waals surface area contributed by atoms with Crippen molar-refractivity contribution in [2.45, 2.75) is 17.9 Å². The molecule has 24 heavy (non-hydrogen) atoms. The minimum absolute atomic E-state index is 0.00279. The Morgan fingerprint density at radius 2 is 1.75 bits per heavy atom. The Bertz CT molecular complexity index is 859. The van der Waals surface area contributed by atoms with Crippen molar-refractivity contribution in [2.24, 2.45) is 0 Å². The Morgan fingerprint density at radius 3 is 2.46 bits per heavy atom. The molecule has 0 radical (unpaired) electrons. The highest BCUT2D eigenvalue weighted by atomic mass is 32.2. The number of rotatable bonds is 6. The summed E-state index contributed by atoms with van der Waals surface area (Å²) >= 11 is 0. The van der Waals surface area contributed by atoms with E-state index in [0.717, 1.165) is 4.31 Å². The van der Waals surface area contributed by atoms with Gasteiger partial charge in [0.2, 0.25) is 5.91 Å².